The summed E-state index contributed by atoms with van der Waals surface area (Å²) in [4.78, 5) is 0.0184. The van der Waals surface area contributed by atoms with E-state index in [1.165, 1.54) is 10.4 Å². The second-order valence-corrected chi connectivity index (χ2v) is 8.04. The fourth-order valence-electron chi connectivity index (χ4n) is 2.99. The second kappa shape index (κ2) is 6.05. The Balaban J connectivity index is 1.86. The van der Waals surface area contributed by atoms with Crippen LogP contribution in [0.25, 0.3) is 0 Å². The summed E-state index contributed by atoms with van der Waals surface area (Å²) < 4.78 is 46.0. The molecule has 8 heteroatoms. The molecule has 2 heterocycles. The number of ether oxygens (including phenoxy) is 1. The predicted octanol–water partition coefficient (Wildman–Crippen LogP) is 1.62. The number of hydrogen-bond acceptors (Lipinski definition) is 4. The molecule has 1 N–H and O–H groups in total. The number of piperidine rings is 1. The average molecular weight is 349 g/mol. The van der Waals surface area contributed by atoms with Crippen molar-refractivity contribution in [2.75, 3.05) is 32.8 Å². The molecule has 1 spiro atoms. The van der Waals surface area contributed by atoms with Crippen molar-refractivity contribution in [1.29, 1.82) is 0 Å². The molecule has 0 bridgehead atoms. The summed E-state index contributed by atoms with van der Waals surface area (Å²) in [5.74, 6) is -0.627. The van der Waals surface area contributed by atoms with E-state index in [1.54, 1.807) is 0 Å². The Bertz CT molecular complexity index is 657. The van der Waals surface area contributed by atoms with Crippen LogP contribution in [0.15, 0.2) is 23.1 Å². The van der Waals surface area contributed by atoms with Crippen LogP contribution < -0.4 is 5.32 Å². The van der Waals surface area contributed by atoms with E-state index in [9.17, 15) is 12.8 Å². The van der Waals surface area contributed by atoms with Gasteiger partial charge in [0.2, 0.25) is 10.0 Å². The highest BCUT2D eigenvalue weighted by Crippen LogP contribution is 2.31. The molecule has 0 atom stereocenters. The van der Waals surface area contributed by atoms with E-state index >= 15 is 0 Å². The molecule has 1 aromatic rings. The number of rotatable bonds is 2. The highest BCUT2D eigenvalue weighted by atomic mass is 35.5. The summed E-state index contributed by atoms with van der Waals surface area (Å²) in [6.45, 7) is 2.62. The molecule has 3 rings (SSSR count). The highest BCUT2D eigenvalue weighted by molar-refractivity contribution is 7.89. The molecular weight excluding hydrogens is 331 g/mol. The number of morpholine rings is 1. The number of hydrogen-bond donors (Lipinski definition) is 1. The molecule has 0 saturated carbocycles. The lowest BCUT2D eigenvalue weighted by Crippen LogP contribution is -2.57. The molecule has 1 aromatic carbocycles. The van der Waals surface area contributed by atoms with Crippen molar-refractivity contribution in [3.05, 3.63) is 29.0 Å². The zero-order valence-corrected chi connectivity index (χ0v) is 13.6. The summed E-state index contributed by atoms with van der Waals surface area (Å²) >= 11 is 5.71. The quantitative estimate of drug-likeness (QED) is 0.882. The molecular formula is C14H18ClFN2O3S. The molecule has 5 nitrogen and oxygen atoms in total. The summed E-state index contributed by atoms with van der Waals surface area (Å²) in [5, 5.41) is 3.06. The van der Waals surface area contributed by atoms with Gasteiger partial charge in [-0.15, -0.1) is 0 Å². The Morgan fingerprint density at radius 3 is 2.73 bits per heavy atom. The Hall–Kier alpha value is -0.730. The first-order valence-corrected chi connectivity index (χ1v) is 9.05. The molecule has 2 fully saturated rings. The standard InChI is InChI=1S/C14H18ClFN2O3S/c15-12-9-11(1-2-13(12)16)22(19,20)18-7-8-21-14(10-18)3-5-17-6-4-14/h1-2,9,17H,3-8,10H2. The van der Waals surface area contributed by atoms with Crippen LogP contribution in [-0.2, 0) is 14.8 Å². The minimum absolute atomic E-state index is 0.0184. The Morgan fingerprint density at radius 2 is 2.05 bits per heavy atom. The summed E-state index contributed by atoms with van der Waals surface area (Å²) in [6.07, 6.45) is 1.56. The van der Waals surface area contributed by atoms with Gasteiger partial charge >= 0.3 is 0 Å². The van der Waals surface area contributed by atoms with Crippen LogP contribution in [0.3, 0.4) is 0 Å². The molecule has 2 aliphatic heterocycles. The van der Waals surface area contributed by atoms with E-state index in [1.807, 2.05) is 0 Å². The maximum atomic E-state index is 13.2. The second-order valence-electron chi connectivity index (χ2n) is 5.70. The lowest BCUT2D eigenvalue weighted by molar-refractivity contribution is -0.105. The number of nitrogens with zero attached hydrogens (tertiary/aromatic N) is 1. The van der Waals surface area contributed by atoms with Crippen molar-refractivity contribution < 1.29 is 17.5 Å². The van der Waals surface area contributed by atoms with Gasteiger partial charge in [-0.3, -0.25) is 0 Å². The third kappa shape index (κ3) is 3.00. The SMILES string of the molecule is O=S(=O)(c1ccc(F)c(Cl)c1)N1CCOC2(CCNCC2)C1. The first-order chi connectivity index (χ1) is 10.4. The lowest BCUT2D eigenvalue weighted by atomic mass is 9.91. The lowest BCUT2D eigenvalue weighted by Gasteiger charge is -2.44. The van der Waals surface area contributed by atoms with Crippen LogP contribution in [0.4, 0.5) is 4.39 Å². The smallest absolute Gasteiger partial charge is 0.243 e. The monoisotopic (exact) mass is 348 g/mol. The summed E-state index contributed by atoms with van der Waals surface area (Å²) in [5.41, 5.74) is -0.416. The van der Waals surface area contributed by atoms with Crippen LogP contribution in [0.1, 0.15) is 12.8 Å². The van der Waals surface area contributed by atoms with Gasteiger partial charge in [0.05, 0.1) is 22.1 Å². The van der Waals surface area contributed by atoms with E-state index in [2.05, 4.69) is 5.32 Å². The highest BCUT2D eigenvalue weighted by Gasteiger charge is 2.41. The Kier molecular flexibility index (Phi) is 4.44. The van der Waals surface area contributed by atoms with Crippen LogP contribution in [0, 0.1) is 5.82 Å². The van der Waals surface area contributed by atoms with Crippen molar-refractivity contribution in [2.24, 2.45) is 0 Å². The fraction of sp³-hybridized carbons (Fsp3) is 0.571. The minimum Gasteiger partial charge on any atom is -0.372 e. The molecule has 2 aliphatic rings. The number of halogens is 2. The third-order valence-corrected chi connectivity index (χ3v) is 6.39. The molecule has 0 aromatic heterocycles. The summed E-state index contributed by atoms with van der Waals surface area (Å²) in [7, 11) is -3.69. The minimum atomic E-state index is -3.69. The van der Waals surface area contributed by atoms with Gasteiger partial charge in [0, 0.05) is 13.1 Å². The zero-order chi connectivity index (χ0) is 15.8. The molecule has 0 radical (unpaired) electrons. The number of nitrogens with one attached hydrogen (secondary N) is 1. The first-order valence-electron chi connectivity index (χ1n) is 7.23. The fourth-order valence-corrected chi connectivity index (χ4v) is 4.76. The normalized spacial score (nSPS) is 22.8. The van der Waals surface area contributed by atoms with Gasteiger partial charge in [-0.2, -0.15) is 4.31 Å². The molecule has 22 heavy (non-hydrogen) atoms. The van der Waals surface area contributed by atoms with E-state index in [-0.39, 0.29) is 9.92 Å². The van der Waals surface area contributed by atoms with Gasteiger partial charge in [0.15, 0.2) is 0 Å². The van der Waals surface area contributed by atoms with Crippen LogP contribution in [-0.4, -0.2) is 51.1 Å². The van der Waals surface area contributed by atoms with Gasteiger partial charge in [0.25, 0.3) is 0 Å². The Morgan fingerprint density at radius 1 is 1.32 bits per heavy atom. The van der Waals surface area contributed by atoms with Crippen LogP contribution in [0.2, 0.25) is 5.02 Å². The van der Waals surface area contributed by atoms with E-state index in [4.69, 9.17) is 16.3 Å². The molecule has 0 unspecified atom stereocenters. The average Bonchev–Trinajstić information content (AvgIpc) is 2.51. The predicted molar refractivity (Wildman–Crippen MR) is 81.0 cm³/mol. The van der Waals surface area contributed by atoms with Crippen molar-refractivity contribution >= 4 is 21.6 Å². The Labute approximate surface area is 134 Å². The van der Waals surface area contributed by atoms with Gasteiger partial charge in [-0.05, 0) is 44.1 Å². The van der Waals surface area contributed by atoms with Gasteiger partial charge < -0.3 is 10.1 Å². The summed E-state index contributed by atoms with van der Waals surface area (Å²) in [6, 6.07) is 3.49. The van der Waals surface area contributed by atoms with Crippen LogP contribution >= 0.6 is 11.6 Å². The molecule has 0 amide bonds. The van der Waals surface area contributed by atoms with E-state index in [0.717, 1.165) is 38.1 Å². The van der Waals surface area contributed by atoms with Crippen LogP contribution in [0.5, 0.6) is 0 Å². The van der Waals surface area contributed by atoms with Gasteiger partial charge in [-0.1, -0.05) is 11.6 Å². The van der Waals surface area contributed by atoms with E-state index in [0.29, 0.717) is 19.7 Å². The number of benzene rings is 1. The molecule has 2 saturated heterocycles. The number of sulfonamides is 1. The van der Waals surface area contributed by atoms with Crippen molar-refractivity contribution in [3.8, 4) is 0 Å². The largest absolute Gasteiger partial charge is 0.372 e. The van der Waals surface area contributed by atoms with Crippen molar-refractivity contribution in [3.63, 3.8) is 0 Å². The van der Waals surface area contributed by atoms with E-state index < -0.39 is 21.4 Å². The maximum Gasteiger partial charge on any atom is 0.243 e. The molecule has 0 aliphatic carbocycles. The third-order valence-electron chi connectivity index (χ3n) is 4.26. The first kappa shape index (κ1) is 16.1. The zero-order valence-electron chi connectivity index (χ0n) is 12.0. The van der Waals surface area contributed by atoms with Gasteiger partial charge in [-0.25, -0.2) is 12.8 Å². The van der Waals surface area contributed by atoms with Crippen molar-refractivity contribution in [2.45, 2.75) is 23.3 Å². The topological polar surface area (TPSA) is 58.6 Å². The van der Waals surface area contributed by atoms with Crippen molar-refractivity contribution in [1.82, 2.24) is 9.62 Å². The maximum absolute atomic E-state index is 13.2. The van der Waals surface area contributed by atoms with Gasteiger partial charge in [0.1, 0.15) is 5.82 Å². The molecule has 122 valence electrons.